The Labute approximate surface area is 194 Å². The van der Waals surface area contributed by atoms with Crippen molar-refractivity contribution in [3.63, 3.8) is 0 Å². The minimum Gasteiger partial charge on any atom is -0.491 e. The van der Waals surface area contributed by atoms with Gasteiger partial charge in [0.1, 0.15) is 11.5 Å². The monoisotopic (exact) mass is 443 g/mol. The van der Waals surface area contributed by atoms with Crippen LogP contribution in [0, 0.1) is 0 Å². The highest BCUT2D eigenvalue weighted by Gasteiger charge is 2.23. The lowest BCUT2D eigenvalue weighted by Crippen LogP contribution is -2.32. The molecule has 2 heterocycles. The van der Waals surface area contributed by atoms with Crippen molar-refractivity contribution in [2.24, 2.45) is 0 Å². The van der Waals surface area contributed by atoms with Gasteiger partial charge in [0, 0.05) is 19.0 Å². The summed E-state index contributed by atoms with van der Waals surface area (Å²) in [6.07, 6.45) is 4.06. The maximum absolute atomic E-state index is 13.2. The van der Waals surface area contributed by atoms with E-state index in [4.69, 9.17) is 13.6 Å². The van der Waals surface area contributed by atoms with Crippen molar-refractivity contribution < 1.29 is 18.4 Å². The van der Waals surface area contributed by atoms with Crippen LogP contribution < -0.4 is 4.74 Å². The fourth-order valence-electron chi connectivity index (χ4n) is 3.91. The van der Waals surface area contributed by atoms with E-state index in [-0.39, 0.29) is 17.9 Å². The topological polar surface area (TPSA) is 55.8 Å². The molecule has 2 aromatic heterocycles. The molecule has 0 N–H and O–H groups in total. The molecule has 5 heteroatoms. The van der Waals surface area contributed by atoms with E-state index in [1.54, 1.807) is 18.4 Å². The molecule has 0 aliphatic heterocycles. The van der Waals surface area contributed by atoms with E-state index in [0.29, 0.717) is 18.8 Å². The van der Waals surface area contributed by atoms with Crippen molar-refractivity contribution in [3.8, 4) is 5.75 Å². The van der Waals surface area contributed by atoms with Crippen LogP contribution in [0.25, 0.3) is 0 Å². The van der Waals surface area contributed by atoms with Crippen molar-refractivity contribution in [2.75, 3.05) is 6.54 Å². The predicted molar refractivity (Wildman–Crippen MR) is 127 cm³/mol. The van der Waals surface area contributed by atoms with Crippen molar-refractivity contribution in [3.05, 3.63) is 114 Å². The first kappa shape index (κ1) is 22.5. The Kier molecular flexibility index (Phi) is 7.30. The molecule has 4 aromatic rings. The smallest absolute Gasteiger partial charge is 0.289 e. The van der Waals surface area contributed by atoms with Crippen LogP contribution in [0.2, 0.25) is 0 Å². The van der Waals surface area contributed by atoms with Crippen LogP contribution in [0.1, 0.15) is 53.6 Å². The van der Waals surface area contributed by atoms with Gasteiger partial charge in [-0.05, 0) is 67.8 Å². The molecule has 170 valence electrons. The van der Waals surface area contributed by atoms with Crippen molar-refractivity contribution in [1.82, 2.24) is 4.90 Å². The Morgan fingerprint density at radius 2 is 1.61 bits per heavy atom. The average Bonchev–Trinajstić information content (AvgIpc) is 3.54. The SMILES string of the molecule is CC(C)Oc1ccc(CN(CC[C@@H](c2ccccc2)c2ccco2)C(=O)c2ccco2)cc1. The highest BCUT2D eigenvalue weighted by Crippen LogP contribution is 2.29. The van der Waals surface area contributed by atoms with Crippen molar-refractivity contribution in [1.29, 1.82) is 0 Å². The third-order valence-corrected chi connectivity index (χ3v) is 5.46. The van der Waals surface area contributed by atoms with Crippen LogP contribution in [0.3, 0.4) is 0 Å². The number of benzene rings is 2. The van der Waals surface area contributed by atoms with E-state index in [1.807, 2.05) is 73.3 Å². The van der Waals surface area contributed by atoms with Gasteiger partial charge in [-0.3, -0.25) is 4.79 Å². The molecular formula is C28H29NO4. The van der Waals surface area contributed by atoms with E-state index in [0.717, 1.165) is 29.1 Å². The number of ether oxygens (including phenoxy) is 1. The Balaban J connectivity index is 1.54. The number of amides is 1. The van der Waals surface area contributed by atoms with Crippen molar-refractivity contribution in [2.45, 2.75) is 38.8 Å². The summed E-state index contributed by atoms with van der Waals surface area (Å²) in [5.41, 5.74) is 2.19. The summed E-state index contributed by atoms with van der Waals surface area (Å²) in [5.74, 6) is 1.97. The van der Waals surface area contributed by atoms with Gasteiger partial charge in [-0.25, -0.2) is 0 Å². The first-order chi connectivity index (χ1) is 16.1. The van der Waals surface area contributed by atoms with Crippen LogP contribution in [-0.2, 0) is 6.54 Å². The van der Waals surface area contributed by atoms with E-state index >= 15 is 0 Å². The molecule has 0 saturated carbocycles. The minimum atomic E-state index is -0.131. The fourth-order valence-corrected chi connectivity index (χ4v) is 3.91. The van der Waals surface area contributed by atoms with E-state index < -0.39 is 0 Å². The second-order valence-corrected chi connectivity index (χ2v) is 8.28. The third-order valence-electron chi connectivity index (χ3n) is 5.46. The van der Waals surface area contributed by atoms with Crippen LogP contribution in [0.15, 0.2) is 100 Å². The van der Waals surface area contributed by atoms with E-state index in [1.165, 1.54) is 6.26 Å². The zero-order valence-electron chi connectivity index (χ0n) is 19.0. The average molecular weight is 444 g/mol. The summed E-state index contributed by atoms with van der Waals surface area (Å²) < 4.78 is 16.9. The Bertz CT molecular complexity index is 1100. The lowest BCUT2D eigenvalue weighted by molar-refractivity contribution is 0.0706. The molecule has 5 nitrogen and oxygen atoms in total. The summed E-state index contributed by atoms with van der Waals surface area (Å²) in [5, 5.41) is 0. The van der Waals surface area contributed by atoms with Gasteiger partial charge in [0.05, 0.1) is 18.6 Å². The van der Waals surface area contributed by atoms with Crippen molar-refractivity contribution >= 4 is 5.91 Å². The summed E-state index contributed by atoms with van der Waals surface area (Å²) in [6, 6.07) is 25.5. The number of rotatable bonds is 10. The second-order valence-electron chi connectivity index (χ2n) is 8.28. The minimum absolute atomic E-state index is 0.0509. The second kappa shape index (κ2) is 10.7. The van der Waals surface area contributed by atoms with Gasteiger partial charge >= 0.3 is 0 Å². The summed E-state index contributed by atoms with van der Waals surface area (Å²) >= 11 is 0. The molecule has 0 fully saturated rings. The number of furan rings is 2. The number of nitrogens with zero attached hydrogens (tertiary/aromatic N) is 1. The zero-order valence-corrected chi connectivity index (χ0v) is 19.0. The summed E-state index contributed by atoms with van der Waals surface area (Å²) in [7, 11) is 0. The largest absolute Gasteiger partial charge is 0.491 e. The lowest BCUT2D eigenvalue weighted by Gasteiger charge is -2.25. The van der Waals surface area contributed by atoms with Gasteiger partial charge in [0.25, 0.3) is 5.91 Å². The van der Waals surface area contributed by atoms with Crippen LogP contribution >= 0.6 is 0 Å². The fraction of sp³-hybridized carbons (Fsp3) is 0.250. The van der Waals surface area contributed by atoms with Crippen LogP contribution in [0.4, 0.5) is 0 Å². The maximum Gasteiger partial charge on any atom is 0.289 e. The number of hydrogen-bond donors (Lipinski definition) is 0. The lowest BCUT2D eigenvalue weighted by atomic mass is 9.93. The molecule has 2 aromatic carbocycles. The van der Waals surface area contributed by atoms with Gasteiger partial charge in [0.15, 0.2) is 5.76 Å². The zero-order chi connectivity index (χ0) is 23.0. The number of carbonyl (C=O) groups excluding carboxylic acids is 1. The molecule has 33 heavy (non-hydrogen) atoms. The molecule has 0 aliphatic carbocycles. The number of carbonyl (C=O) groups is 1. The van der Waals surface area contributed by atoms with Gasteiger partial charge in [-0.1, -0.05) is 42.5 Å². The van der Waals surface area contributed by atoms with Crippen LogP contribution in [0.5, 0.6) is 5.75 Å². The van der Waals surface area contributed by atoms with Gasteiger partial charge in [-0.15, -0.1) is 0 Å². The standard InChI is InChI=1S/C28H29NO4/c1-21(2)33-24-14-12-22(13-15-24)20-29(28(30)27-11-7-19-32-27)17-16-25(26-10-6-18-31-26)23-8-4-3-5-9-23/h3-15,18-19,21,25H,16-17,20H2,1-2H3/t25-/m0/s1. The normalized spacial score (nSPS) is 12.0. The molecule has 0 spiro atoms. The first-order valence-electron chi connectivity index (χ1n) is 11.3. The molecule has 0 unspecified atom stereocenters. The molecule has 0 radical (unpaired) electrons. The Morgan fingerprint density at radius 1 is 0.879 bits per heavy atom. The number of hydrogen-bond acceptors (Lipinski definition) is 4. The predicted octanol–water partition coefficient (Wildman–Crippen LogP) is 6.52. The molecule has 0 bridgehead atoms. The van der Waals surface area contributed by atoms with E-state index in [2.05, 4.69) is 12.1 Å². The van der Waals surface area contributed by atoms with Gasteiger partial charge in [0.2, 0.25) is 0 Å². The van der Waals surface area contributed by atoms with E-state index in [9.17, 15) is 4.79 Å². The maximum atomic E-state index is 13.2. The quantitative estimate of drug-likeness (QED) is 0.280. The molecule has 4 rings (SSSR count). The molecule has 1 amide bonds. The Hall–Kier alpha value is -3.73. The van der Waals surface area contributed by atoms with Gasteiger partial charge < -0.3 is 18.5 Å². The first-order valence-corrected chi connectivity index (χ1v) is 11.3. The molecular weight excluding hydrogens is 414 g/mol. The Morgan fingerprint density at radius 3 is 2.24 bits per heavy atom. The third kappa shape index (κ3) is 5.95. The molecule has 0 aliphatic rings. The highest BCUT2D eigenvalue weighted by atomic mass is 16.5. The summed E-state index contributed by atoms with van der Waals surface area (Å²) in [4.78, 5) is 15.1. The van der Waals surface area contributed by atoms with Crippen LogP contribution in [-0.4, -0.2) is 23.5 Å². The molecule has 0 saturated heterocycles. The molecule has 1 atom stereocenters. The summed E-state index contributed by atoms with van der Waals surface area (Å²) in [6.45, 7) is 5.02. The highest BCUT2D eigenvalue weighted by molar-refractivity contribution is 5.91. The van der Waals surface area contributed by atoms with Gasteiger partial charge in [-0.2, -0.15) is 0 Å².